The van der Waals surface area contributed by atoms with Gasteiger partial charge in [-0.25, -0.2) is 8.78 Å². The molecule has 0 aliphatic heterocycles. The van der Waals surface area contributed by atoms with E-state index < -0.39 is 35.8 Å². The van der Waals surface area contributed by atoms with Crippen molar-refractivity contribution < 1.29 is 26.7 Å². The van der Waals surface area contributed by atoms with Gasteiger partial charge < -0.3 is 10.5 Å². The Morgan fingerprint density at radius 2 is 1.76 bits per heavy atom. The second-order valence-electron chi connectivity index (χ2n) is 3.34. The highest BCUT2D eigenvalue weighted by atomic mass is 19.4. The summed E-state index contributed by atoms with van der Waals surface area (Å²) in [4.78, 5) is 0. The van der Waals surface area contributed by atoms with Crippen molar-refractivity contribution in [3.8, 4) is 5.75 Å². The molecular formula is C10H10F5NO. The third-order valence-electron chi connectivity index (χ3n) is 2.28. The Kier molecular flexibility index (Phi) is 3.92. The van der Waals surface area contributed by atoms with Crippen LogP contribution in [0.2, 0.25) is 0 Å². The van der Waals surface area contributed by atoms with Crippen molar-refractivity contribution in [3.63, 3.8) is 0 Å². The largest absolute Gasteiger partial charge is 0.496 e. The van der Waals surface area contributed by atoms with Gasteiger partial charge >= 0.3 is 6.18 Å². The number of halogens is 5. The normalized spacial score (nSPS) is 13.6. The molecule has 2 N–H and O–H groups in total. The summed E-state index contributed by atoms with van der Waals surface area (Å²) in [5.41, 5.74) is 4.50. The summed E-state index contributed by atoms with van der Waals surface area (Å²) in [6.07, 6.45) is -4.65. The fraction of sp³-hybridized carbons (Fsp3) is 0.400. The zero-order chi connectivity index (χ0) is 13.2. The van der Waals surface area contributed by atoms with Gasteiger partial charge in [-0.2, -0.15) is 13.2 Å². The summed E-state index contributed by atoms with van der Waals surface area (Å²) in [6, 6.07) is 1.03. The molecule has 0 saturated heterocycles. The minimum Gasteiger partial charge on any atom is -0.496 e. The van der Waals surface area contributed by atoms with Gasteiger partial charge in [-0.15, -0.1) is 0 Å². The van der Waals surface area contributed by atoms with Crippen LogP contribution in [0.5, 0.6) is 5.75 Å². The average molecular weight is 255 g/mol. The number of hydrogen-bond donors (Lipinski definition) is 1. The Bertz CT molecular complexity index is 404. The Labute approximate surface area is 94.2 Å². The second-order valence-corrected chi connectivity index (χ2v) is 3.34. The minimum atomic E-state index is -4.65. The van der Waals surface area contributed by atoms with E-state index >= 15 is 0 Å². The lowest BCUT2D eigenvalue weighted by Gasteiger charge is -2.21. The van der Waals surface area contributed by atoms with Crippen molar-refractivity contribution in [2.24, 2.45) is 5.73 Å². The molecule has 0 aliphatic carbocycles. The van der Waals surface area contributed by atoms with Crippen LogP contribution in [-0.4, -0.2) is 19.8 Å². The first-order chi connectivity index (χ1) is 7.81. The van der Waals surface area contributed by atoms with Crippen LogP contribution in [0.4, 0.5) is 22.0 Å². The Morgan fingerprint density at radius 1 is 1.24 bits per heavy atom. The number of hydrogen-bond acceptors (Lipinski definition) is 2. The van der Waals surface area contributed by atoms with Crippen molar-refractivity contribution in [2.45, 2.75) is 12.1 Å². The topological polar surface area (TPSA) is 35.2 Å². The summed E-state index contributed by atoms with van der Waals surface area (Å²) >= 11 is 0. The maximum atomic E-state index is 12.9. The van der Waals surface area contributed by atoms with Gasteiger partial charge in [0, 0.05) is 18.2 Å². The third kappa shape index (κ3) is 2.85. The minimum absolute atomic E-state index is 0.378. The standard InChI is InChI=1S/C10H10F5NO/c1-17-9-3-8(12)7(11)2-5(9)6(4-16)10(13,14)15/h2-3,6H,4,16H2,1H3. The molecule has 1 unspecified atom stereocenters. The first-order valence-corrected chi connectivity index (χ1v) is 4.61. The van der Waals surface area contributed by atoms with E-state index in [9.17, 15) is 22.0 Å². The molecule has 0 aromatic heterocycles. The van der Waals surface area contributed by atoms with Crippen LogP contribution in [0.3, 0.4) is 0 Å². The fourth-order valence-electron chi connectivity index (χ4n) is 1.43. The number of nitrogens with two attached hydrogens (primary N) is 1. The number of alkyl halides is 3. The molecule has 0 saturated carbocycles. The molecule has 0 heterocycles. The van der Waals surface area contributed by atoms with Gasteiger partial charge in [0.1, 0.15) is 5.75 Å². The van der Waals surface area contributed by atoms with Gasteiger partial charge in [0.25, 0.3) is 0 Å². The molecule has 1 atom stereocenters. The zero-order valence-electron chi connectivity index (χ0n) is 8.81. The molecule has 0 spiro atoms. The molecule has 0 fully saturated rings. The van der Waals surface area contributed by atoms with Gasteiger partial charge in [0.2, 0.25) is 0 Å². The number of benzene rings is 1. The van der Waals surface area contributed by atoms with Crippen molar-refractivity contribution in [2.75, 3.05) is 13.7 Å². The molecule has 1 aromatic carbocycles. The summed E-state index contributed by atoms with van der Waals surface area (Å²) < 4.78 is 68.2. The first kappa shape index (κ1) is 13.7. The highest BCUT2D eigenvalue weighted by Gasteiger charge is 2.41. The highest BCUT2D eigenvalue weighted by molar-refractivity contribution is 5.38. The molecule has 17 heavy (non-hydrogen) atoms. The Hall–Kier alpha value is -1.37. The van der Waals surface area contributed by atoms with Gasteiger partial charge in [0.05, 0.1) is 13.0 Å². The van der Waals surface area contributed by atoms with E-state index in [-0.39, 0.29) is 5.75 Å². The molecule has 1 aromatic rings. The number of ether oxygens (including phenoxy) is 1. The average Bonchev–Trinajstić information content (AvgIpc) is 2.21. The smallest absolute Gasteiger partial charge is 0.397 e. The third-order valence-corrected chi connectivity index (χ3v) is 2.28. The van der Waals surface area contributed by atoms with Gasteiger partial charge in [-0.05, 0) is 6.07 Å². The van der Waals surface area contributed by atoms with Crippen molar-refractivity contribution >= 4 is 0 Å². The Morgan fingerprint density at radius 3 is 2.18 bits per heavy atom. The predicted molar refractivity (Wildman–Crippen MR) is 50.8 cm³/mol. The molecule has 2 nitrogen and oxygen atoms in total. The maximum absolute atomic E-state index is 12.9. The molecule has 0 radical (unpaired) electrons. The molecule has 0 bridgehead atoms. The lowest BCUT2D eigenvalue weighted by molar-refractivity contribution is -0.148. The fourth-order valence-corrected chi connectivity index (χ4v) is 1.43. The lowest BCUT2D eigenvalue weighted by Crippen LogP contribution is -2.28. The first-order valence-electron chi connectivity index (χ1n) is 4.61. The summed E-state index contributed by atoms with van der Waals surface area (Å²) in [7, 11) is 1.07. The van der Waals surface area contributed by atoms with Crippen LogP contribution in [-0.2, 0) is 0 Å². The van der Waals surface area contributed by atoms with Crippen LogP contribution in [0, 0.1) is 11.6 Å². The molecule has 7 heteroatoms. The van der Waals surface area contributed by atoms with Crippen LogP contribution >= 0.6 is 0 Å². The summed E-state index contributed by atoms with van der Waals surface area (Å²) in [5.74, 6) is -5.11. The summed E-state index contributed by atoms with van der Waals surface area (Å²) in [6.45, 7) is -0.773. The highest BCUT2D eigenvalue weighted by Crippen LogP contribution is 2.39. The molecule has 0 aliphatic rings. The SMILES string of the molecule is COc1cc(F)c(F)cc1C(CN)C(F)(F)F. The van der Waals surface area contributed by atoms with Crippen LogP contribution in [0.15, 0.2) is 12.1 Å². The molecule has 0 amide bonds. The lowest BCUT2D eigenvalue weighted by atomic mass is 9.97. The van der Waals surface area contributed by atoms with Crippen LogP contribution in [0.1, 0.15) is 11.5 Å². The number of methoxy groups -OCH3 is 1. The Balaban J connectivity index is 3.32. The number of rotatable bonds is 3. The van der Waals surface area contributed by atoms with Gasteiger partial charge in [-0.3, -0.25) is 0 Å². The van der Waals surface area contributed by atoms with Gasteiger partial charge in [0.15, 0.2) is 11.6 Å². The molecular weight excluding hydrogens is 245 g/mol. The monoisotopic (exact) mass is 255 g/mol. The van der Waals surface area contributed by atoms with E-state index in [0.717, 1.165) is 7.11 Å². The maximum Gasteiger partial charge on any atom is 0.397 e. The molecule has 96 valence electrons. The molecule has 1 rings (SSSR count). The predicted octanol–water partition coefficient (Wildman–Crippen LogP) is 2.58. The quantitative estimate of drug-likeness (QED) is 0.842. The zero-order valence-corrected chi connectivity index (χ0v) is 8.81. The summed E-state index contributed by atoms with van der Waals surface area (Å²) in [5, 5.41) is 0. The van der Waals surface area contributed by atoms with Crippen molar-refractivity contribution in [3.05, 3.63) is 29.3 Å². The van der Waals surface area contributed by atoms with Gasteiger partial charge in [-0.1, -0.05) is 0 Å². The van der Waals surface area contributed by atoms with E-state index in [1.165, 1.54) is 0 Å². The van der Waals surface area contributed by atoms with Crippen molar-refractivity contribution in [1.29, 1.82) is 0 Å². The second kappa shape index (κ2) is 4.87. The van der Waals surface area contributed by atoms with Crippen LogP contribution < -0.4 is 10.5 Å². The van der Waals surface area contributed by atoms with E-state index in [1.807, 2.05) is 0 Å². The van der Waals surface area contributed by atoms with E-state index in [1.54, 1.807) is 0 Å². The van der Waals surface area contributed by atoms with E-state index in [2.05, 4.69) is 4.74 Å². The van der Waals surface area contributed by atoms with Crippen molar-refractivity contribution in [1.82, 2.24) is 0 Å². The van der Waals surface area contributed by atoms with Crippen LogP contribution in [0.25, 0.3) is 0 Å². The van der Waals surface area contributed by atoms with E-state index in [4.69, 9.17) is 5.73 Å². The van der Waals surface area contributed by atoms with E-state index in [0.29, 0.717) is 12.1 Å².